The summed E-state index contributed by atoms with van der Waals surface area (Å²) in [5, 5.41) is 3.97. The van der Waals surface area contributed by atoms with Gasteiger partial charge in [0.15, 0.2) is 0 Å². The van der Waals surface area contributed by atoms with Crippen LogP contribution in [0, 0.1) is 6.92 Å². The number of nitrogens with one attached hydrogen (secondary N) is 1. The molecule has 0 fully saturated rings. The molecule has 0 saturated heterocycles. The largest absolute Gasteiger partial charge is 0.271 e. The molecule has 1 N–H and O–H groups in total. The summed E-state index contributed by atoms with van der Waals surface area (Å²) < 4.78 is 25.9. The van der Waals surface area contributed by atoms with E-state index in [1.165, 1.54) is 4.31 Å². The van der Waals surface area contributed by atoms with Gasteiger partial charge in [-0.1, -0.05) is 60.2 Å². The van der Waals surface area contributed by atoms with Crippen molar-refractivity contribution in [3.05, 3.63) is 101 Å². The van der Waals surface area contributed by atoms with E-state index < -0.39 is 10.0 Å². The molecule has 7 heteroatoms. The highest BCUT2D eigenvalue weighted by Crippen LogP contribution is 2.21. The maximum atomic E-state index is 12.3. The minimum atomic E-state index is -3.49. The van der Waals surface area contributed by atoms with E-state index in [9.17, 15) is 13.2 Å². The molecule has 0 unspecified atom stereocenters. The molecule has 3 aromatic rings. The molecule has 3 rings (SSSR count). The third-order valence-corrected chi connectivity index (χ3v) is 5.58. The third-order valence-electron chi connectivity index (χ3n) is 4.44. The van der Waals surface area contributed by atoms with E-state index in [1.807, 2.05) is 61.5 Å². The Morgan fingerprint density at radius 3 is 2.20 bits per heavy atom. The van der Waals surface area contributed by atoms with Gasteiger partial charge in [0.1, 0.15) is 0 Å². The molecule has 0 atom stereocenters. The van der Waals surface area contributed by atoms with Gasteiger partial charge in [-0.25, -0.2) is 13.8 Å². The summed E-state index contributed by atoms with van der Waals surface area (Å²) in [6.07, 6.45) is 2.73. The van der Waals surface area contributed by atoms with Crippen molar-refractivity contribution in [2.24, 2.45) is 5.10 Å². The summed E-state index contributed by atoms with van der Waals surface area (Å²) >= 11 is 0. The fraction of sp³-hybridized carbons (Fsp3) is 0.130. The number of sulfonamides is 1. The number of nitrogens with zero attached hydrogens (tertiary/aromatic N) is 2. The standard InChI is InChI=1S/C23H23N3O3S/c1-18-8-10-19(11-9-18)16-24-25-23(27)21-12-14-22(15-13-21)26(30(2,28)29)17-20-6-4-3-5-7-20/h3-16H,17H2,1-2H3,(H,25,27)/b24-16+. The monoisotopic (exact) mass is 421 g/mol. The van der Waals surface area contributed by atoms with Gasteiger partial charge in [0.25, 0.3) is 5.91 Å². The lowest BCUT2D eigenvalue weighted by Crippen LogP contribution is -2.29. The average molecular weight is 422 g/mol. The van der Waals surface area contributed by atoms with Crippen molar-refractivity contribution in [3.8, 4) is 0 Å². The van der Waals surface area contributed by atoms with Gasteiger partial charge in [-0.15, -0.1) is 0 Å². The second kappa shape index (κ2) is 9.37. The molecule has 0 aromatic heterocycles. The highest BCUT2D eigenvalue weighted by Gasteiger charge is 2.18. The molecular formula is C23H23N3O3S. The molecule has 30 heavy (non-hydrogen) atoms. The molecule has 6 nitrogen and oxygen atoms in total. The van der Waals surface area contributed by atoms with Gasteiger partial charge in [0.05, 0.1) is 24.7 Å². The van der Waals surface area contributed by atoms with E-state index in [4.69, 9.17) is 0 Å². The van der Waals surface area contributed by atoms with Crippen LogP contribution >= 0.6 is 0 Å². The highest BCUT2D eigenvalue weighted by atomic mass is 32.2. The van der Waals surface area contributed by atoms with Crippen molar-refractivity contribution in [1.82, 2.24) is 5.43 Å². The van der Waals surface area contributed by atoms with Crippen LogP contribution in [0.5, 0.6) is 0 Å². The second-order valence-corrected chi connectivity index (χ2v) is 8.82. The molecule has 0 aliphatic carbocycles. The molecule has 0 spiro atoms. The lowest BCUT2D eigenvalue weighted by molar-refractivity contribution is 0.0955. The first kappa shape index (κ1) is 21.3. The molecule has 0 radical (unpaired) electrons. The van der Waals surface area contributed by atoms with E-state index in [-0.39, 0.29) is 12.5 Å². The number of carbonyl (C=O) groups excluding carboxylic acids is 1. The Kier molecular flexibility index (Phi) is 6.64. The minimum absolute atomic E-state index is 0.214. The van der Waals surface area contributed by atoms with Gasteiger partial charge >= 0.3 is 0 Å². The van der Waals surface area contributed by atoms with Crippen molar-refractivity contribution < 1.29 is 13.2 Å². The van der Waals surface area contributed by atoms with E-state index in [1.54, 1.807) is 30.5 Å². The zero-order valence-electron chi connectivity index (χ0n) is 16.8. The van der Waals surface area contributed by atoms with Gasteiger partial charge in [0, 0.05) is 5.56 Å². The van der Waals surface area contributed by atoms with Crippen LogP contribution in [0.15, 0.2) is 84.0 Å². The van der Waals surface area contributed by atoms with Crippen LogP contribution in [0.3, 0.4) is 0 Å². The van der Waals surface area contributed by atoms with Gasteiger partial charge in [-0.05, 0) is 42.3 Å². The molecule has 1 amide bonds. The van der Waals surface area contributed by atoms with E-state index >= 15 is 0 Å². The van der Waals surface area contributed by atoms with Crippen LogP contribution in [0.2, 0.25) is 0 Å². The number of carbonyl (C=O) groups is 1. The molecule has 0 saturated carbocycles. The summed E-state index contributed by atoms with van der Waals surface area (Å²) in [4.78, 5) is 12.3. The highest BCUT2D eigenvalue weighted by molar-refractivity contribution is 7.92. The number of rotatable bonds is 7. The molecule has 0 heterocycles. The van der Waals surface area contributed by atoms with E-state index in [0.717, 1.165) is 22.9 Å². The van der Waals surface area contributed by atoms with E-state index in [2.05, 4.69) is 10.5 Å². The summed E-state index contributed by atoms with van der Waals surface area (Å²) in [7, 11) is -3.49. The van der Waals surface area contributed by atoms with Crippen LogP contribution in [0.25, 0.3) is 0 Å². The van der Waals surface area contributed by atoms with Crippen LogP contribution in [-0.4, -0.2) is 26.8 Å². The Bertz CT molecular complexity index is 1120. The summed E-state index contributed by atoms with van der Waals surface area (Å²) in [6.45, 7) is 2.21. The Balaban J connectivity index is 1.70. The quantitative estimate of drug-likeness (QED) is 0.466. The van der Waals surface area contributed by atoms with Crippen molar-refractivity contribution in [3.63, 3.8) is 0 Å². The van der Waals surface area contributed by atoms with E-state index in [0.29, 0.717) is 11.3 Å². The van der Waals surface area contributed by atoms with Crippen molar-refractivity contribution in [2.75, 3.05) is 10.6 Å². The van der Waals surface area contributed by atoms with Crippen LogP contribution in [0.1, 0.15) is 27.0 Å². The predicted molar refractivity (Wildman–Crippen MR) is 120 cm³/mol. The Hall–Kier alpha value is -3.45. The maximum Gasteiger partial charge on any atom is 0.271 e. The van der Waals surface area contributed by atoms with Crippen LogP contribution in [0.4, 0.5) is 5.69 Å². The smallest absolute Gasteiger partial charge is 0.267 e. The second-order valence-electron chi connectivity index (χ2n) is 6.91. The predicted octanol–water partition coefficient (Wildman–Crippen LogP) is 3.73. The zero-order chi connectivity index (χ0) is 21.6. The Labute approximate surface area is 176 Å². The topological polar surface area (TPSA) is 78.8 Å². The number of aryl methyl sites for hydroxylation is 1. The molecule has 3 aromatic carbocycles. The summed E-state index contributed by atoms with van der Waals surface area (Å²) in [6, 6.07) is 23.5. The fourth-order valence-electron chi connectivity index (χ4n) is 2.81. The van der Waals surface area contributed by atoms with Crippen molar-refractivity contribution in [2.45, 2.75) is 13.5 Å². The molecule has 0 aliphatic rings. The average Bonchev–Trinajstić information content (AvgIpc) is 2.73. The Morgan fingerprint density at radius 2 is 1.60 bits per heavy atom. The van der Waals surface area contributed by atoms with Crippen LogP contribution in [-0.2, 0) is 16.6 Å². The number of hydrogen-bond donors (Lipinski definition) is 1. The normalized spacial score (nSPS) is 11.4. The third kappa shape index (κ3) is 5.78. The summed E-state index contributed by atoms with van der Waals surface area (Å²) in [5.74, 6) is -0.376. The van der Waals surface area contributed by atoms with Gasteiger partial charge in [-0.2, -0.15) is 5.10 Å². The molecule has 154 valence electrons. The maximum absolute atomic E-state index is 12.3. The first-order valence-electron chi connectivity index (χ1n) is 9.35. The van der Waals surface area contributed by atoms with Gasteiger partial charge < -0.3 is 0 Å². The van der Waals surface area contributed by atoms with Crippen molar-refractivity contribution >= 4 is 27.8 Å². The first-order chi connectivity index (χ1) is 14.3. The van der Waals surface area contributed by atoms with Crippen LogP contribution < -0.4 is 9.73 Å². The first-order valence-corrected chi connectivity index (χ1v) is 11.2. The molecular weight excluding hydrogens is 398 g/mol. The fourth-order valence-corrected chi connectivity index (χ4v) is 3.70. The number of hydrazone groups is 1. The lowest BCUT2D eigenvalue weighted by Gasteiger charge is -2.22. The summed E-state index contributed by atoms with van der Waals surface area (Å²) in [5.41, 5.74) is 6.24. The van der Waals surface area contributed by atoms with Crippen molar-refractivity contribution in [1.29, 1.82) is 0 Å². The SMILES string of the molecule is Cc1ccc(/C=N/NC(=O)c2ccc(N(Cc3ccccc3)S(C)(=O)=O)cc2)cc1. The molecule has 0 aliphatic heterocycles. The number of benzene rings is 3. The lowest BCUT2D eigenvalue weighted by atomic mass is 10.2. The van der Waals surface area contributed by atoms with Gasteiger partial charge in [-0.3, -0.25) is 9.10 Å². The minimum Gasteiger partial charge on any atom is -0.267 e. The Morgan fingerprint density at radius 1 is 0.967 bits per heavy atom. The molecule has 0 bridgehead atoms. The number of amides is 1. The van der Waals surface area contributed by atoms with Gasteiger partial charge in [0.2, 0.25) is 10.0 Å². The number of anilines is 1. The zero-order valence-corrected chi connectivity index (χ0v) is 17.6. The number of hydrogen-bond acceptors (Lipinski definition) is 4.